The van der Waals surface area contributed by atoms with E-state index in [-0.39, 0.29) is 22.0 Å². The van der Waals surface area contributed by atoms with Crippen LogP contribution in [-0.2, 0) is 24.3 Å². The Labute approximate surface area is 206 Å². The summed E-state index contributed by atoms with van der Waals surface area (Å²) in [6.07, 6.45) is -1.48. The zero-order valence-corrected chi connectivity index (χ0v) is 20.0. The molecule has 0 aromatic heterocycles. The minimum Gasteiger partial charge on any atom is -0.494 e. The summed E-state index contributed by atoms with van der Waals surface area (Å²) in [6.45, 7) is 0.372. The molecule has 3 rings (SSSR count). The van der Waals surface area contributed by atoms with Gasteiger partial charge in [-0.05, 0) is 35.9 Å². The minimum atomic E-state index is -4.23. The van der Waals surface area contributed by atoms with Crippen molar-refractivity contribution in [3.8, 4) is 5.75 Å². The molecule has 0 aliphatic rings. The number of ether oxygens (including phenoxy) is 2. The first-order valence-corrected chi connectivity index (χ1v) is 12.0. The molecule has 36 heavy (non-hydrogen) atoms. The molecule has 0 aliphatic heterocycles. The number of nitro benzene ring substituents is 1. The van der Waals surface area contributed by atoms with E-state index in [2.05, 4.69) is 10.0 Å². The van der Waals surface area contributed by atoms with Gasteiger partial charge < -0.3 is 19.9 Å². The minimum absolute atomic E-state index is 0.00822. The first-order chi connectivity index (χ1) is 17.0. The second kappa shape index (κ2) is 11.1. The van der Waals surface area contributed by atoms with Crippen LogP contribution in [-0.4, -0.2) is 56.2 Å². The average molecular weight is 518 g/mol. The maximum Gasteiger partial charge on any atom is 0.327 e. The second-order valence-electron chi connectivity index (χ2n) is 7.65. The molecule has 0 saturated carbocycles. The van der Waals surface area contributed by atoms with E-state index >= 15 is 0 Å². The number of methoxy groups -OCH3 is 1. The van der Waals surface area contributed by atoms with Crippen LogP contribution in [0.25, 0.3) is 10.8 Å². The van der Waals surface area contributed by atoms with Gasteiger partial charge in [-0.3, -0.25) is 19.7 Å². The molecule has 2 unspecified atom stereocenters. The molecule has 0 saturated heterocycles. The van der Waals surface area contributed by atoms with Crippen molar-refractivity contribution in [2.45, 2.75) is 24.0 Å². The normalized spacial score (nSPS) is 13.0. The SMILES string of the molecule is COc1cc([N+](=O)[O-])ccc1NC(=O)COC(=O)C(NS(=O)(=O)c1ccc2ccccc2c1)C(C)O. The molecule has 0 spiro atoms. The fraction of sp³-hybridized carbons (Fsp3) is 0.217. The zero-order valence-electron chi connectivity index (χ0n) is 19.2. The van der Waals surface area contributed by atoms with E-state index in [4.69, 9.17) is 9.47 Å². The third kappa shape index (κ3) is 6.33. The van der Waals surface area contributed by atoms with Crippen molar-refractivity contribution < 1.29 is 37.5 Å². The van der Waals surface area contributed by atoms with E-state index in [9.17, 15) is 33.2 Å². The highest BCUT2D eigenvalue weighted by Crippen LogP contribution is 2.29. The zero-order chi connectivity index (χ0) is 26.5. The van der Waals surface area contributed by atoms with Crippen LogP contribution < -0.4 is 14.8 Å². The monoisotopic (exact) mass is 517 g/mol. The molecule has 13 heteroatoms. The second-order valence-corrected chi connectivity index (χ2v) is 9.36. The Hall–Kier alpha value is -4.07. The van der Waals surface area contributed by atoms with Gasteiger partial charge in [-0.25, -0.2) is 8.42 Å². The fourth-order valence-corrected chi connectivity index (χ4v) is 4.52. The lowest BCUT2D eigenvalue weighted by Crippen LogP contribution is -2.48. The number of benzene rings is 3. The number of hydrogen-bond donors (Lipinski definition) is 3. The molecule has 0 radical (unpaired) electrons. The van der Waals surface area contributed by atoms with Gasteiger partial charge in [-0.15, -0.1) is 0 Å². The number of aliphatic hydroxyl groups is 1. The molecule has 2 atom stereocenters. The molecule has 0 aliphatic carbocycles. The van der Waals surface area contributed by atoms with Crippen molar-refractivity contribution in [2.24, 2.45) is 0 Å². The number of nitrogens with zero attached hydrogens (tertiary/aromatic N) is 1. The van der Waals surface area contributed by atoms with E-state index in [1.54, 1.807) is 18.2 Å². The Kier molecular flexibility index (Phi) is 8.19. The van der Waals surface area contributed by atoms with Crippen LogP contribution in [0.5, 0.6) is 5.75 Å². The van der Waals surface area contributed by atoms with E-state index in [1.165, 1.54) is 32.2 Å². The highest BCUT2D eigenvalue weighted by molar-refractivity contribution is 7.89. The number of esters is 1. The van der Waals surface area contributed by atoms with E-state index in [1.807, 2.05) is 12.1 Å². The first kappa shape index (κ1) is 26.5. The number of non-ortho nitro benzene ring substituents is 1. The fourth-order valence-electron chi connectivity index (χ4n) is 3.22. The molecule has 0 heterocycles. The number of amides is 1. The number of aliphatic hydroxyl groups excluding tert-OH is 1. The van der Waals surface area contributed by atoms with Crippen LogP contribution in [0, 0.1) is 10.1 Å². The Morgan fingerprint density at radius 3 is 2.42 bits per heavy atom. The number of nitrogens with one attached hydrogen (secondary N) is 2. The Morgan fingerprint density at radius 2 is 1.78 bits per heavy atom. The smallest absolute Gasteiger partial charge is 0.327 e. The number of nitro groups is 1. The Bertz CT molecular complexity index is 1410. The van der Waals surface area contributed by atoms with Crippen molar-refractivity contribution in [1.82, 2.24) is 4.72 Å². The van der Waals surface area contributed by atoms with Gasteiger partial charge in [0.05, 0.1) is 34.8 Å². The standard InChI is InChI=1S/C23H23N3O9S/c1-14(27)22(25-36(32,33)18-9-7-15-5-3-4-6-16(15)11-18)23(29)35-13-21(28)24-19-10-8-17(26(30)31)12-20(19)34-2/h3-12,14,22,25,27H,13H2,1-2H3,(H,24,28). The summed E-state index contributed by atoms with van der Waals surface area (Å²) in [4.78, 5) is 34.9. The van der Waals surface area contributed by atoms with Crippen molar-refractivity contribution in [3.05, 3.63) is 70.8 Å². The van der Waals surface area contributed by atoms with E-state index in [0.29, 0.717) is 5.39 Å². The predicted molar refractivity (Wildman–Crippen MR) is 129 cm³/mol. The van der Waals surface area contributed by atoms with Crippen LogP contribution in [0.15, 0.2) is 65.6 Å². The molecular formula is C23H23N3O9S. The topological polar surface area (TPSA) is 174 Å². The first-order valence-electron chi connectivity index (χ1n) is 10.5. The summed E-state index contributed by atoms with van der Waals surface area (Å²) in [7, 11) is -2.98. The predicted octanol–water partition coefficient (Wildman–Crippen LogP) is 1.97. The van der Waals surface area contributed by atoms with E-state index < -0.39 is 45.6 Å². The third-order valence-corrected chi connectivity index (χ3v) is 6.50. The van der Waals surface area contributed by atoms with Gasteiger partial charge in [0, 0.05) is 6.07 Å². The molecule has 1 amide bonds. The molecule has 12 nitrogen and oxygen atoms in total. The molecule has 3 N–H and O–H groups in total. The van der Waals surface area contributed by atoms with Gasteiger partial charge in [0.2, 0.25) is 10.0 Å². The van der Waals surface area contributed by atoms with Crippen LogP contribution in [0.1, 0.15) is 6.92 Å². The number of anilines is 1. The molecule has 3 aromatic carbocycles. The lowest BCUT2D eigenvalue weighted by atomic mass is 10.1. The molecule has 3 aromatic rings. The van der Waals surface area contributed by atoms with Crippen LogP contribution in [0.3, 0.4) is 0 Å². The van der Waals surface area contributed by atoms with Crippen molar-refractivity contribution in [3.63, 3.8) is 0 Å². The van der Waals surface area contributed by atoms with Gasteiger partial charge in [0.25, 0.3) is 11.6 Å². The highest BCUT2D eigenvalue weighted by atomic mass is 32.2. The highest BCUT2D eigenvalue weighted by Gasteiger charge is 2.31. The summed E-state index contributed by atoms with van der Waals surface area (Å²) in [6, 6.07) is 13.3. The van der Waals surface area contributed by atoms with Crippen LogP contribution in [0.2, 0.25) is 0 Å². The summed E-state index contributed by atoms with van der Waals surface area (Å²) in [5.41, 5.74) is -0.164. The van der Waals surface area contributed by atoms with E-state index in [0.717, 1.165) is 17.5 Å². The van der Waals surface area contributed by atoms with Gasteiger partial charge >= 0.3 is 5.97 Å². The molecule has 190 valence electrons. The Balaban J connectivity index is 1.67. The van der Waals surface area contributed by atoms with Crippen molar-refractivity contribution in [2.75, 3.05) is 19.0 Å². The lowest BCUT2D eigenvalue weighted by Gasteiger charge is -2.20. The average Bonchev–Trinajstić information content (AvgIpc) is 2.85. The van der Waals surface area contributed by atoms with Gasteiger partial charge in [-0.1, -0.05) is 30.3 Å². The number of carbonyl (C=O) groups is 2. The molecular weight excluding hydrogens is 494 g/mol. The van der Waals surface area contributed by atoms with Crippen molar-refractivity contribution in [1.29, 1.82) is 0 Å². The summed E-state index contributed by atoms with van der Waals surface area (Å²) < 4.78 is 37.7. The number of carbonyl (C=O) groups excluding carboxylic acids is 2. The summed E-state index contributed by atoms with van der Waals surface area (Å²) >= 11 is 0. The summed E-state index contributed by atoms with van der Waals surface area (Å²) in [5, 5.41) is 24.7. The van der Waals surface area contributed by atoms with Gasteiger partial charge in [0.1, 0.15) is 11.8 Å². The van der Waals surface area contributed by atoms with Crippen LogP contribution >= 0.6 is 0 Å². The molecule has 0 bridgehead atoms. The maximum atomic E-state index is 12.8. The van der Waals surface area contributed by atoms with Crippen LogP contribution in [0.4, 0.5) is 11.4 Å². The number of sulfonamides is 1. The maximum absolute atomic E-state index is 12.8. The third-order valence-electron chi connectivity index (χ3n) is 5.07. The number of hydrogen-bond acceptors (Lipinski definition) is 9. The molecule has 0 fully saturated rings. The summed E-state index contributed by atoms with van der Waals surface area (Å²) in [5.74, 6) is -1.99. The van der Waals surface area contributed by atoms with Gasteiger partial charge in [0.15, 0.2) is 6.61 Å². The lowest BCUT2D eigenvalue weighted by molar-refractivity contribution is -0.384. The van der Waals surface area contributed by atoms with Crippen molar-refractivity contribution >= 4 is 44.0 Å². The number of fused-ring (bicyclic) bond motifs is 1. The quantitative estimate of drug-likeness (QED) is 0.206. The van der Waals surface area contributed by atoms with Gasteiger partial charge in [-0.2, -0.15) is 4.72 Å². The Morgan fingerprint density at radius 1 is 1.08 bits per heavy atom. The number of rotatable bonds is 10. The largest absolute Gasteiger partial charge is 0.494 e.